The highest BCUT2D eigenvalue weighted by atomic mass is 16.5. The third-order valence-corrected chi connectivity index (χ3v) is 2.94. The summed E-state index contributed by atoms with van der Waals surface area (Å²) < 4.78 is 5.28. The Labute approximate surface area is 123 Å². The molecule has 8 nitrogen and oxygen atoms in total. The van der Waals surface area contributed by atoms with Gasteiger partial charge in [-0.2, -0.15) is 0 Å². The number of hydrogen-bond donors (Lipinski definition) is 3. The minimum absolute atomic E-state index is 0.0908. The Hall–Kier alpha value is -1.83. The van der Waals surface area contributed by atoms with E-state index in [1.807, 2.05) is 13.8 Å². The number of nitrogens with zero attached hydrogens (tertiary/aromatic N) is 1. The van der Waals surface area contributed by atoms with Gasteiger partial charge in [0.15, 0.2) is 0 Å². The van der Waals surface area contributed by atoms with Crippen LogP contribution in [0.5, 0.6) is 0 Å². The Bertz CT molecular complexity index is 386. The Kier molecular flexibility index (Phi) is 6.93. The molecular formula is C13H23N3O5. The van der Waals surface area contributed by atoms with Crippen LogP contribution in [0.4, 0.5) is 4.79 Å². The van der Waals surface area contributed by atoms with Gasteiger partial charge in [-0.1, -0.05) is 13.8 Å². The van der Waals surface area contributed by atoms with Crippen LogP contribution in [0.3, 0.4) is 0 Å². The first kappa shape index (κ1) is 17.2. The molecule has 1 saturated heterocycles. The first-order valence-corrected chi connectivity index (χ1v) is 7.01. The van der Waals surface area contributed by atoms with Gasteiger partial charge in [0, 0.05) is 19.6 Å². The summed E-state index contributed by atoms with van der Waals surface area (Å²) in [5, 5.41) is 13.9. The number of urea groups is 1. The third-order valence-electron chi connectivity index (χ3n) is 2.94. The summed E-state index contributed by atoms with van der Waals surface area (Å²) in [6.07, 6.45) is -0.643. The molecule has 1 unspecified atom stereocenters. The molecule has 0 aromatic rings. The van der Waals surface area contributed by atoms with Crippen LogP contribution in [0.2, 0.25) is 0 Å². The normalized spacial score (nSPS) is 18.4. The van der Waals surface area contributed by atoms with Gasteiger partial charge in [0.2, 0.25) is 5.91 Å². The number of ether oxygens (including phenoxy) is 1. The molecule has 1 aliphatic rings. The first-order chi connectivity index (χ1) is 9.88. The van der Waals surface area contributed by atoms with E-state index in [2.05, 4.69) is 10.6 Å². The molecule has 1 fully saturated rings. The van der Waals surface area contributed by atoms with Crippen molar-refractivity contribution in [3.05, 3.63) is 0 Å². The van der Waals surface area contributed by atoms with Crippen molar-refractivity contribution >= 4 is 17.9 Å². The summed E-state index contributed by atoms with van der Waals surface area (Å²) in [6, 6.07) is -0.381. The Morgan fingerprint density at radius 3 is 2.67 bits per heavy atom. The van der Waals surface area contributed by atoms with E-state index in [0.717, 1.165) is 0 Å². The smallest absolute Gasteiger partial charge is 0.318 e. The van der Waals surface area contributed by atoms with Crippen LogP contribution < -0.4 is 10.6 Å². The van der Waals surface area contributed by atoms with Gasteiger partial charge >= 0.3 is 12.0 Å². The topological polar surface area (TPSA) is 108 Å². The first-order valence-electron chi connectivity index (χ1n) is 7.01. The molecule has 1 aliphatic heterocycles. The number of aliphatic carboxylic acids is 1. The molecule has 0 radical (unpaired) electrons. The number of morpholine rings is 1. The van der Waals surface area contributed by atoms with Crippen molar-refractivity contribution in [2.24, 2.45) is 5.92 Å². The van der Waals surface area contributed by atoms with Gasteiger partial charge in [0.25, 0.3) is 0 Å². The highest BCUT2D eigenvalue weighted by Gasteiger charge is 2.25. The number of carbonyl (C=O) groups is 3. The SMILES string of the molecule is CC(C)CNC(=O)CNC(=O)N1CCOC(CC(=O)O)C1. The molecule has 0 aromatic heterocycles. The van der Waals surface area contributed by atoms with Crippen molar-refractivity contribution in [2.45, 2.75) is 26.4 Å². The van der Waals surface area contributed by atoms with Crippen LogP contribution in [0.1, 0.15) is 20.3 Å². The number of hydrogen-bond acceptors (Lipinski definition) is 4. The molecule has 21 heavy (non-hydrogen) atoms. The van der Waals surface area contributed by atoms with E-state index in [9.17, 15) is 14.4 Å². The maximum absolute atomic E-state index is 11.9. The van der Waals surface area contributed by atoms with Crippen molar-refractivity contribution in [3.8, 4) is 0 Å². The van der Waals surface area contributed by atoms with E-state index in [-0.39, 0.29) is 31.4 Å². The number of nitrogens with one attached hydrogen (secondary N) is 2. The van der Waals surface area contributed by atoms with Crippen LogP contribution in [-0.4, -0.2) is 66.8 Å². The van der Waals surface area contributed by atoms with E-state index < -0.39 is 12.1 Å². The Morgan fingerprint density at radius 2 is 2.05 bits per heavy atom. The molecule has 0 spiro atoms. The summed E-state index contributed by atoms with van der Waals surface area (Å²) in [4.78, 5) is 35.5. The average Bonchev–Trinajstić information content (AvgIpc) is 2.42. The summed E-state index contributed by atoms with van der Waals surface area (Å²) in [6.45, 7) is 5.33. The lowest BCUT2D eigenvalue weighted by molar-refractivity contribution is -0.141. The predicted octanol–water partition coefficient (Wildman–Crippen LogP) is -0.356. The zero-order valence-corrected chi connectivity index (χ0v) is 12.4. The lowest BCUT2D eigenvalue weighted by Gasteiger charge is -2.32. The van der Waals surface area contributed by atoms with Gasteiger partial charge in [-0.15, -0.1) is 0 Å². The van der Waals surface area contributed by atoms with Crippen molar-refractivity contribution in [1.82, 2.24) is 15.5 Å². The van der Waals surface area contributed by atoms with Gasteiger partial charge in [-0.3, -0.25) is 9.59 Å². The number of carbonyl (C=O) groups excluding carboxylic acids is 2. The third kappa shape index (κ3) is 6.94. The van der Waals surface area contributed by atoms with Crippen LogP contribution >= 0.6 is 0 Å². The van der Waals surface area contributed by atoms with Gasteiger partial charge in [-0.25, -0.2) is 4.79 Å². The van der Waals surface area contributed by atoms with Gasteiger partial charge < -0.3 is 25.4 Å². The lowest BCUT2D eigenvalue weighted by atomic mass is 10.2. The van der Waals surface area contributed by atoms with E-state index in [4.69, 9.17) is 9.84 Å². The van der Waals surface area contributed by atoms with Crippen LogP contribution in [0.25, 0.3) is 0 Å². The average molecular weight is 301 g/mol. The highest BCUT2D eigenvalue weighted by molar-refractivity contribution is 5.84. The molecule has 0 saturated carbocycles. The number of rotatable bonds is 6. The fourth-order valence-electron chi connectivity index (χ4n) is 1.87. The number of carboxylic acid groups (broad SMARTS) is 1. The minimum Gasteiger partial charge on any atom is -0.481 e. The Morgan fingerprint density at radius 1 is 1.33 bits per heavy atom. The molecule has 1 rings (SSSR count). The van der Waals surface area contributed by atoms with Crippen LogP contribution in [0.15, 0.2) is 0 Å². The zero-order valence-electron chi connectivity index (χ0n) is 12.4. The summed E-state index contributed by atoms with van der Waals surface area (Å²) in [5.41, 5.74) is 0. The maximum Gasteiger partial charge on any atom is 0.318 e. The standard InChI is InChI=1S/C13H23N3O5/c1-9(2)6-14-11(17)7-15-13(20)16-3-4-21-10(8-16)5-12(18)19/h9-10H,3-8H2,1-2H3,(H,14,17)(H,15,20)(H,18,19). The molecule has 0 bridgehead atoms. The van der Waals surface area contributed by atoms with Gasteiger partial charge in [0.1, 0.15) is 0 Å². The lowest BCUT2D eigenvalue weighted by Crippen LogP contribution is -2.51. The van der Waals surface area contributed by atoms with Crippen LogP contribution in [-0.2, 0) is 14.3 Å². The largest absolute Gasteiger partial charge is 0.481 e. The molecule has 120 valence electrons. The molecule has 8 heteroatoms. The van der Waals surface area contributed by atoms with E-state index in [0.29, 0.717) is 25.6 Å². The minimum atomic E-state index is -0.963. The zero-order chi connectivity index (χ0) is 15.8. The molecule has 0 aromatic carbocycles. The Balaban J connectivity index is 2.31. The molecule has 3 N–H and O–H groups in total. The van der Waals surface area contributed by atoms with Crippen molar-refractivity contribution in [2.75, 3.05) is 32.8 Å². The fraction of sp³-hybridized carbons (Fsp3) is 0.769. The second kappa shape index (κ2) is 8.46. The molecule has 0 aliphatic carbocycles. The van der Waals surface area contributed by atoms with E-state index >= 15 is 0 Å². The van der Waals surface area contributed by atoms with Crippen molar-refractivity contribution < 1.29 is 24.2 Å². The predicted molar refractivity (Wildman–Crippen MR) is 74.8 cm³/mol. The second-order valence-corrected chi connectivity index (χ2v) is 5.39. The second-order valence-electron chi connectivity index (χ2n) is 5.39. The summed E-state index contributed by atoms with van der Waals surface area (Å²) in [7, 11) is 0. The molecular weight excluding hydrogens is 278 g/mol. The van der Waals surface area contributed by atoms with Gasteiger partial charge in [0.05, 0.1) is 25.7 Å². The number of amides is 3. The highest BCUT2D eigenvalue weighted by Crippen LogP contribution is 2.08. The quantitative estimate of drug-likeness (QED) is 0.621. The van der Waals surface area contributed by atoms with Gasteiger partial charge in [-0.05, 0) is 5.92 Å². The monoisotopic (exact) mass is 301 g/mol. The number of carboxylic acids is 1. The van der Waals surface area contributed by atoms with Crippen LogP contribution in [0, 0.1) is 5.92 Å². The van der Waals surface area contributed by atoms with Crippen molar-refractivity contribution in [3.63, 3.8) is 0 Å². The maximum atomic E-state index is 11.9. The molecule has 1 heterocycles. The van der Waals surface area contributed by atoms with Crippen molar-refractivity contribution in [1.29, 1.82) is 0 Å². The molecule has 3 amide bonds. The van der Waals surface area contributed by atoms with E-state index in [1.54, 1.807) is 0 Å². The summed E-state index contributed by atoms with van der Waals surface area (Å²) in [5.74, 6) is -0.858. The fourth-order valence-corrected chi connectivity index (χ4v) is 1.87. The van der Waals surface area contributed by atoms with E-state index in [1.165, 1.54) is 4.90 Å². The summed E-state index contributed by atoms with van der Waals surface area (Å²) >= 11 is 0. The molecule has 1 atom stereocenters.